The molecule has 0 bridgehead atoms. The van der Waals surface area contributed by atoms with Crippen molar-refractivity contribution in [1.29, 1.82) is 5.41 Å². The molecule has 5 heteroatoms. The Bertz CT molecular complexity index is 240. The summed E-state index contributed by atoms with van der Waals surface area (Å²) in [4.78, 5) is 3.81. The number of amidine groups is 1. The molecule has 0 spiro atoms. The Morgan fingerprint density at radius 3 is 3.00 bits per heavy atom. The van der Waals surface area contributed by atoms with Crippen molar-refractivity contribution >= 4 is 16.9 Å². The zero-order valence-electron chi connectivity index (χ0n) is 6.45. The molecular formula is C7H8N3SY-. The topological polar surface area (TPSA) is 62.8 Å². The van der Waals surface area contributed by atoms with Crippen molar-refractivity contribution in [3.8, 4) is 0 Å². The van der Waals surface area contributed by atoms with Gasteiger partial charge in [0.25, 0.3) is 0 Å². The van der Waals surface area contributed by atoms with Crippen LogP contribution in [-0.4, -0.2) is 10.2 Å². The molecule has 1 heterocycles. The van der Waals surface area contributed by atoms with Gasteiger partial charge >= 0.3 is 0 Å². The number of thioether (sulfide) groups is 1. The van der Waals surface area contributed by atoms with Gasteiger partial charge in [0, 0.05) is 38.5 Å². The third kappa shape index (κ3) is 4.85. The van der Waals surface area contributed by atoms with E-state index in [9.17, 15) is 0 Å². The molecule has 1 aromatic rings. The summed E-state index contributed by atoms with van der Waals surface area (Å²) in [7, 11) is 0. The molecule has 1 rings (SSSR count). The normalized spacial score (nSPS) is 8.67. The summed E-state index contributed by atoms with van der Waals surface area (Å²) in [5, 5.41) is 7.09. The number of pyridine rings is 1. The maximum Gasteiger partial charge on any atom is 0.151 e. The van der Waals surface area contributed by atoms with Crippen molar-refractivity contribution in [2.75, 3.05) is 0 Å². The van der Waals surface area contributed by atoms with Gasteiger partial charge in [0.2, 0.25) is 0 Å². The number of hydrogen-bond donors (Lipinski definition) is 2. The van der Waals surface area contributed by atoms with Gasteiger partial charge in [-0.05, 0) is 0 Å². The van der Waals surface area contributed by atoms with E-state index in [1.807, 2.05) is 6.07 Å². The Morgan fingerprint density at radius 2 is 2.50 bits per heavy atom. The summed E-state index contributed by atoms with van der Waals surface area (Å²) in [5.41, 5.74) is 6.22. The zero-order chi connectivity index (χ0) is 8.10. The first-order valence-electron chi connectivity index (χ1n) is 3.07. The molecule has 0 aliphatic carbocycles. The molecule has 0 amide bonds. The van der Waals surface area contributed by atoms with E-state index in [1.165, 1.54) is 11.8 Å². The van der Waals surface area contributed by atoms with Crippen molar-refractivity contribution in [2.24, 2.45) is 5.73 Å². The van der Waals surface area contributed by atoms with E-state index >= 15 is 0 Å². The van der Waals surface area contributed by atoms with Crippen molar-refractivity contribution in [3.63, 3.8) is 0 Å². The molecular weight excluding hydrogens is 247 g/mol. The van der Waals surface area contributed by atoms with Gasteiger partial charge in [0.1, 0.15) is 0 Å². The fraction of sp³-hybridized carbons (Fsp3) is 0.143. The van der Waals surface area contributed by atoms with Crippen molar-refractivity contribution in [1.82, 2.24) is 4.98 Å². The van der Waals surface area contributed by atoms with Crippen molar-refractivity contribution in [2.45, 2.75) is 5.75 Å². The minimum Gasteiger partial charge on any atom is -0.394 e. The fourth-order valence-electron chi connectivity index (χ4n) is 0.597. The Morgan fingerprint density at radius 1 is 1.75 bits per heavy atom. The van der Waals surface area contributed by atoms with E-state index in [0.717, 1.165) is 5.56 Å². The molecule has 12 heavy (non-hydrogen) atoms. The number of nitrogens with zero attached hydrogens (tertiary/aromatic N) is 1. The minimum absolute atomic E-state index is 0. The summed E-state index contributed by atoms with van der Waals surface area (Å²) >= 11 is 1.29. The van der Waals surface area contributed by atoms with E-state index in [2.05, 4.69) is 11.2 Å². The molecule has 0 aromatic carbocycles. The molecule has 0 fully saturated rings. The van der Waals surface area contributed by atoms with Crippen LogP contribution < -0.4 is 5.73 Å². The largest absolute Gasteiger partial charge is 0.394 e. The van der Waals surface area contributed by atoms with Crippen molar-refractivity contribution in [3.05, 3.63) is 30.1 Å². The number of aromatic nitrogens is 1. The Kier molecular flexibility index (Phi) is 6.62. The predicted octanol–water partition coefficient (Wildman–Crippen LogP) is 1.01. The SMILES string of the molecule is N=C(N)SCc1cc[c-]nc1.[Y]. The molecule has 0 saturated carbocycles. The predicted molar refractivity (Wildman–Crippen MR) is 46.3 cm³/mol. The van der Waals surface area contributed by atoms with Crippen LogP contribution in [-0.2, 0) is 38.5 Å². The molecule has 61 valence electrons. The van der Waals surface area contributed by atoms with Gasteiger partial charge < -0.3 is 10.7 Å². The van der Waals surface area contributed by atoms with Crippen LogP contribution in [0.15, 0.2) is 18.3 Å². The Labute approximate surface area is 101 Å². The summed E-state index contributed by atoms with van der Waals surface area (Å²) in [6, 6.07) is 3.65. The van der Waals surface area contributed by atoms with Gasteiger partial charge in [-0.2, -0.15) is 12.1 Å². The number of rotatable bonds is 2. The van der Waals surface area contributed by atoms with E-state index in [4.69, 9.17) is 11.1 Å². The minimum atomic E-state index is 0. The molecule has 0 aliphatic heterocycles. The summed E-state index contributed by atoms with van der Waals surface area (Å²) in [5.74, 6) is 0.705. The third-order valence-electron chi connectivity index (χ3n) is 1.07. The van der Waals surface area contributed by atoms with E-state index < -0.39 is 0 Å². The van der Waals surface area contributed by atoms with Crippen LogP contribution in [0.1, 0.15) is 5.56 Å². The van der Waals surface area contributed by atoms with Crippen LogP contribution in [0.2, 0.25) is 0 Å². The second-order valence-corrected chi connectivity index (χ2v) is 2.97. The molecule has 3 nitrogen and oxygen atoms in total. The van der Waals surface area contributed by atoms with Crippen LogP contribution in [0.4, 0.5) is 0 Å². The van der Waals surface area contributed by atoms with Crippen molar-refractivity contribution < 1.29 is 32.7 Å². The van der Waals surface area contributed by atoms with Crippen LogP contribution in [0, 0.1) is 11.6 Å². The molecule has 1 radical (unpaired) electrons. The fourth-order valence-corrected chi connectivity index (χ4v) is 1.09. The van der Waals surface area contributed by atoms with E-state index in [0.29, 0.717) is 5.75 Å². The van der Waals surface area contributed by atoms with Gasteiger partial charge in [-0.15, -0.1) is 5.56 Å². The zero-order valence-corrected chi connectivity index (χ0v) is 10.1. The van der Waals surface area contributed by atoms with Gasteiger partial charge in [0.05, 0.1) is 0 Å². The van der Waals surface area contributed by atoms with Gasteiger partial charge in [-0.3, -0.25) is 5.41 Å². The average molecular weight is 255 g/mol. The molecule has 0 saturated heterocycles. The third-order valence-corrected chi connectivity index (χ3v) is 1.86. The maximum absolute atomic E-state index is 6.96. The summed E-state index contributed by atoms with van der Waals surface area (Å²) in [6.07, 6.45) is 4.39. The van der Waals surface area contributed by atoms with Crippen LogP contribution >= 0.6 is 11.8 Å². The smallest absolute Gasteiger partial charge is 0.151 e. The van der Waals surface area contributed by atoms with Crippen LogP contribution in [0.3, 0.4) is 0 Å². The molecule has 0 aliphatic rings. The first-order chi connectivity index (χ1) is 5.29. The molecule has 3 N–H and O–H groups in total. The quantitative estimate of drug-likeness (QED) is 0.471. The Hall–Kier alpha value is 0.0739. The monoisotopic (exact) mass is 255 g/mol. The Balaban J connectivity index is 0.00000121. The standard InChI is InChI=1S/C7H8N3S.Y/c8-7(9)11-5-6-2-1-3-10-4-6;/h1-2,4H,5H2,(H3,8,9);/q-1;. The summed E-state index contributed by atoms with van der Waals surface area (Å²) < 4.78 is 0. The average Bonchev–Trinajstić information content (AvgIpc) is 2.03. The van der Waals surface area contributed by atoms with Gasteiger partial charge in [-0.1, -0.05) is 24.2 Å². The first-order valence-corrected chi connectivity index (χ1v) is 4.05. The second-order valence-electron chi connectivity index (χ2n) is 1.95. The number of hydrogen-bond acceptors (Lipinski definition) is 3. The van der Waals surface area contributed by atoms with E-state index in [1.54, 1.807) is 12.3 Å². The molecule has 0 unspecified atom stereocenters. The first kappa shape index (κ1) is 12.1. The van der Waals surface area contributed by atoms with E-state index in [-0.39, 0.29) is 37.9 Å². The number of nitrogens with two attached hydrogens (primary N) is 1. The maximum atomic E-state index is 6.96. The van der Waals surface area contributed by atoms with Gasteiger partial charge in [-0.25, -0.2) is 0 Å². The molecule has 0 atom stereocenters. The number of nitrogens with one attached hydrogen (secondary N) is 1. The molecule has 1 aromatic heterocycles. The van der Waals surface area contributed by atoms with Crippen LogP contribution in [0.25, 0.3) is 0 Å². The summed E-state index contributed by atoms with van der Waals surface area (Å²) in [6.45, 7) is 0. The van der Waals surface area contributed by atoms with Crippen LogP contribution in [0.5, 0.6) is 0 Å². The second kappa shape index (κ2) is 6.57. The van der Waals surface area contributed by atoms with Gasteiger partial charge in [0.15, 0.2) is 5.17 Å².